The third-order valence-corrected chi connectivity index (χ3v) is 3.58. The largest absolute Gasteiger partial charge is 0.294 e. The molecular weight excluding hydrogens is 272 g/mol. The second-order valence-corrected chi connectivity index (χ2v) is 5.54. The van der Waals surface area contributed by atoms with Crippen LogP contribution in [0, 0.1) is 0 Å². The van der Waals surface area contributed by atoms with E-state index in [0.29, 0.717) is 6.42 Å². The van der Waals surface area contributed by atoms with Gasteiger partial charge >= 0.3 is 0 Å². The molecule has 0 aliphatic rings. The Balaban J connectivity index is 2.37. The summed E-state index contributed by atoms with van der Waals surface area (Å²) >= 11 is 5.24. The molecule has 0 amide bonds. The molecule has 3 heteroatoms. The minimum absolute atomic E-state index is 0.249. The molecule has 0 atom stereocenters. The number of hydrogen-bond acceptors (Lipinski definition) is 2. The highest BCUT2D eigenvalue weighted by atomic mass is 79.9. The van der Waals surface area contributed by atoms with Crippen LogP contribution in [0.15, 0.2) is 28.7 Å². The van der Waals surface area contributed by atoms with Gasteiger partial charge in [-0.3, -0.25) is 4.79 Å². The van der Waals surface area contributed by atoms with Crippen molar-refractivity contribution < 1.29 is 4.79 Å². The maximum atomic E-state index is 11.7. The molecule has 0 aliphatic heterocycles. The lowest BCUT2D eigenvalue weighted by Crippen LogP contribution is -1.99. The monoisotopic (exact) mass is 286 g/mol. The van der Waals surface area contributed by atoms with E-state index < -0.39 is 0 Å². The topological polar surface area (TPSA) is 17.1 Å². The number of carbonyl (C=O) groups excluding carboxylic acids is 1. The van der Waals surface area contributed by atoms with E-state index in [1.807, 2.05) is 36.0 Å². The first-order chi connectivity index (χ1) is 7.24. The standard InChI is InChI=1S/C12H15BrOS/c1-2-15-9-3-4-12(14)10-5-7-11(13)8-6-10/h5-8H,2-4,9H2,1H3. The van der Waals surface area contributed by atoms with Gasteiger partial charge in [0.05, 0.1) is 0 Å². The molecule has 1 aromatic rings. The molecule has 1 aromatic carbocycles. The highest BCUT2D eigenvalue weighted by Gasteiger charge is 2.04. The number of thioether (sulfide) groups is 1. The van der Waals surface area contributed by atoms with Crippen molar-refractivity contribution in [2.75, 3.05) is 11.5 Å². The molecule has 0 unspecified atom stereocenters. The summed E-state index contributed by atoms with van der Waals surface area (Å²) in [6.07, 6.45) is 1.64. The zero-order chi connectivity index (χ0) is 11.1. The third kappa shape index (κ3) is 4.85. The first kappa shape index (κ1) is 12.8. The number of benzene rings is 1. The Morgan fingerprint density at radius 3 is 2.60 bits per heavy atom. The molecule has 0 heterocycles. The second kappa shape index (κ2) is 7.07. The summed E-state index contributed by atoms with van der Waals surface area (Å²) in [6, 6.07) is 7.57. The minimum Gasteiger partial charge on any atom is -0.294 e. The minimum atomic E-state index is 0.249. The number of ketones is 1. The highest BCUT2D eigenvalue weighted by Crippen LogP contribution is 2.13. The molecule has 0 radical (unpaired) electrons. The van der Waals surface area contributed by atoms with Gasteiger partial charge in [0.25, 0.3) is 0 Å². The molecule has 0 fully saturated rings. The smallest absolute Gasteiger partial charge is 0.162 e. The second-order valence-electron chi connectivity index (χ2n) is 3.23. The van der Waals surface area contributed by atoms with Crippen molar-refractivity contribution in [3.8, 4) is 0 Å². The lowest BCUT2D eigenvalue weighted by atomic mass is 10.1. The predicted octanol–water partition coefficient (Wildman–Crippen LogP) is 4.17. The van der Waals surface area contributed by atoms with Crippen LogP contribution in [0.3, 0.4) is 0 Å². The van der Waals surface area contributed by atoms with E-state index in [0.717, 1.165) is 28.0 Å². The van der Waals surface area contributed by atoms with Crippen LogP contribution >= 0.6 is 27.7 Å². The van der Waals surface area contributed by atoms with Crippen molar-refractivity contribution in [2.24, 2.45) is 0 Å². The fourth-order valence-electron chi connectivity index (χ4n) is 1.26. The van der Waals surface area contributed by atoms with Gasteiger partial charge in [-0.25, -0.2) is 0 Å². The lowest BCUT2D eigenvalue weighted by molar-refractivity contribution is 0.0982. The van der Waals surface area contributed by atoms with Crippen LogP contribution in [-0.2, 0) is 0 Å². The van der Waals surface area contributed by atoms with E-state index in [-0.39, 0.29) is 5.78 Å². The van der Waals surface area contributed by atoms with Crippen molar-refractivity contribution in [3.63, 3.8) is 0 Å². The average Bonchev–Trinajstić information content (AvgIpc) is 2.25. The Morgan fingerprint density at radius 2 is 2.00 bits per heavy atom. The van der Waals surface area contributed by atoms with Gasteiger partial charge in [-0.15, -0.1) is 0 Å². The Bertz CT molecular complexity index is 308. The zero-order valence-electron chi connectivity index (χ0n) is 8.83. The van der Waals surface area contributed by atoms with Crippen molar-refractivity contribution >= 4 is 33.5 Å². The van der Waals surface area contributed by atoms with Crippen molar-refractivity contribution in [1.29, 1.82) is 0 Å². The Morgan fingerprint density at radius 1 is 1.33 bits per heavy atom. The summed E-state index contributed by atoms with van der Waals surface area (Å²) < 4.78 is 1.01. The van der Waals surface area contributed by atoms with E-state index in [9.17, 15) is 4.79 Å². The van der Waals surface area contributed by atoms with Gasteiger partial charge in [-0.2, -0.15) is 11.8 Å². The van der Waals surface area contributed by atoms with Crippen LogP contribution < -0.4 is 0 Å². The van der Waals surface area contributed by atoms with Gasteiger partial charge in [0.2, 0.25) is 0 Å². The first-order valence-electron chi connectivity index (χ1n) is 5.10. The number of halogens is 1. The van der Waals surface area contributed by atoms with Crippen molar-refractivity contribution in [2.45, 2.75) is 19.8 Å². The molecule has 0 saturated carbocycles. The summed E-state index contributed by atoms with van der Waals surface area (Å²) in [5.41, 5.74) is 0.819. The van der Waals surface area contributed by atoms with Crippen LogP contribution in [0.2, 0.25) is 0 Å². The van der Waals surface area contributed by atoms with Crippen LogP contribution in [0.1, 0.15) is 30.1 Å². The maximum Gasteiger partial charge on any atom is 0.162 e. The fourth-order valence-corrected chi connectivity index (χ4v) is 2.16. The van der Waals surface area contributed by atoms with Gasteiger partial charge in [0.1, 0.15) is 0 Å². The summed E-state index contributed by atoms with van der Waals surface area (Å²) in [6.45, 7) is 2.14. The van der Waals surface area contributed by atoms with E-state index >= 15 is 0 Å². The van der Waals surface area contributed by atoms with Gasteiger partial charge in [-0.1, -0.05) is 35.0 Å². The van der Waals surface area contributed by atoms with Crippen LogP contribution in [0.25, 0.3) is 0 Å². The van der Waals surface area contributed by atoms with Crippen molar-refractivity contribution in [1.82, 2.24) is 0 Å². The van der Waals surface area contributed by atoms with E-state index in [1.165, 1.54) is 0 Å². The van der Waals surface area contributed by atoms with Crippen molar-refractivity contribution in [3.05, 3.63) is 34.3 Å². The molecule has 0 spiro atoms. The molecule has 15 heavy (non-hydrogen) atoms. The van der Waals surface area contributed by atoms with E-state index in [1.54, 1.807) is 0 Å². The van der Waals surface area contributed by atoms with Crippen LogP contribution in [0.5, 0.6) is 0 Å². The van der Waals surface area contributed by atoms with E-state index in [2.05, 4.69) is 22.9 Å². The van der Waals surface area contributed by atoms with Gasteiger partial charge in [0.15, 0.2) is 5.78 Å². The molecule has 0 N–H and O–H groups in total. The van der Waals surface area contributed by atoms with Gasteiger partial charge in [0, 0.05) is 16.5 Å². The summed E-state index contributed by atoms with van der Waals surface area (Å²) in [5, 5.41) is 0. The fraction of sp³-hybridized carbons (Fsp3) is 0.417. The predicted molar refractivity (Wildman–Crippen MR) is 70.7 cm³/mol. The Hall–Kier alpha value is -0.280. The summed E-state index contributed by atoms with van der Waals surface area (Å²) in [5.74, 6) is 2.46. The molecule has 0 saturated heterocycles. The summed E-state index contributed by atoms with van der Waals surface area (Å²) in [4.78, 5) is 11.7. The number of hydrogen-bond donors (Lipinski definition) is 0. The average molecular weight is 287 g/mol. The quantitative estimate of drug-likeness (QED) is 0.577. The number of rotatable bonds is 6. The Kier molecular flexibility index (Phi) is 6.03. The normalized spacial score (nSPS) is 10.3. The first-order valence-corrected chi connectivity index (χ1v) is 7.05. The van der Waals surface area contributed by atoms with Crippen LogP contribution in [0.4, 0.5) is 0 Å². The molecule has 0 aromatic heterocycles. The number of carbonyl (C=O) groups is 1. The maximum absolute atomic E-state index is 11.7. The SMILES string of the molecule is CCSCCCC(=O)c1ccc(Br)cc1. The highest BCUT2D eigenvalue weighted by molar-refractivity contribution is 9.10. The Labute approximate surface area is 104 Å². The van der Waals surface area contributed by atoms with E-state index in [4.69, 9.17) is 0 Å². The molecule has 1 nitrogen and oxygen atoms in total. The van der Waals surface area contributed by atoms with Gasteiger partial charge < -0.3 is 0 Å². The molecule has 0 aliphatic carbocycles. The summed E-state index contributed by atoms with van der Waals surface area (Å²) in [7, 11) is 0. The third-order valence-electron chi connectivity index (χ3n) is 2.06. The molecule has 82 valence electrons. The molecule has 1 rings (SSSR count). The lowest BCUT2D eigenvalue weighted by Gasteiger charge is -2.01. The zero-order valence-corrected chi connectivity index (χ0v) is 11.2. The molecule has 0 bridgehead atoms. The van der Waals surface area contributed by atoms with Gasteiger partial charge in [-0.05, 0) is 30.1 Å². The number of Topliss-reactive ketones (excluding diaryl/α,β-unsaturated/α-hetero) is 1. The van der Waals surface area contributed by atoms with Crippen LogP contribution in [-0.4, -0.2) is 17.3 Å². The molecular formula is C12H15BrOS.